The highest BCUT2D eigenvalue weighted by atomic mass is 32.1. The third-order valence-corrected chi connectivity index (χ3v) is 8.10. The Balaban J connectivity index is 1.05. The first kappa shape index (κ1) is 24.2. The van der Waals surface area contributed by atoms with Gasteiger partial charge in [0.25, 0.3) is 0 Å². The van der Waals surface area contributed by atoms with E-state index >= 15 is 0 Å². The van der Waals surface area contributed by atoms with Crippen molar-refractivity contribution >= 4 is 34.7 Å². The van der Waals surface area contributed by atoms with Crippen molar-refractivity contribution in [3.63, 3.8) is 0 Å². The average Bonchev–Trinajstić information content (AvgIpc) is 2.89. The number of hydrogen-bond acceptors (Lipinski definition) is 7. The third-order valence-electron chi connectivity index (χ3n) is 7.85. The molecule has 188 valence electrons. The Hall–Kier alpha value is -2.49. The maximum atomic E-state index is 5.58. The van der Waals surface area contributed by atoms with Crippen LogP contribution in [0.25, 0.3) is 0 Å². The molecule has 1 unspecified atom stereocenters. The molecule has 9 heteroatoms. The Kier molecular flexibility index (Phi) is 7.65. The molecule has 5 heterocycles. The highest BCUT2D eigenvalue weighted by molar-refractivity contribution is 7.80. The van der Waals surface area contributed by atoms with Gasteiger partial charge in [0.1, 0.15) is 0 Å². The Bertz CT molecular complexity index is 961. The predicted molar refractivity (Wildman–Crippen MR) is 147 cm³/mol. The fourth-order valence-corrected chi connectivity index (χ4v) is 6.02. The molecule has 0 spiro atoms. The van der Waals surface area contributed by atoms with Gasteiger partial charge in [-0.15, -0.1) is 0 Å². The van der Waals surface area contributed by atoms with E-state index < -0.39 is 0 Å². The summed E-state index contributed by atoms with van der Waals surface area (Å²) in [6.45, 7) is 8.79. The molecule has 0 aliphatic carbocycles. The van der Waals surface area contributed by atoms with E-state index in [9.17, 15) is 0 Å². The molecule has 4 aliphatic rings. The molecule has 2 N–H and O–H groups in total. The van der Waals surface area contributed by atoms with Crippen LogP contribution in [0.5, 0.6) is 0 Å². The zero-order valence-corrected chi connectivity index (χ0v) is 21.8. The molecule has 2 aromatic rings. The zero-order valence-electron chi connectivity index (χ0n) is 20.9. The number of hydrogen-bond donors (Lipinski definition) is 2. The van der Waals surface area contributed by atoms with Crippen molar-refractivity contribution in [2.24, 2.45) is 11.8 Å². The lowest BCUT2D eigenvalue weighted by Crippen LogP contribution is -2.59. The molecular formula is C26H38N8S. The minimum atomic E-state index is 0.577. The second-order valence-corrected chi connectivity index (χ2v) is 10.7. The van der Waals surface area contributed by atoms with Gasteiger partial charge in [0.2, 0.25) is 5.95 Å². The summed E-state index contributed by atoms with van der Waals surface area (Å²) < 4.78 is 0. The van der Waals surface area contributed by atoms with Gasteiger partial charge in [-0.25, -0.2) is 9.97 Å². The molecule has 4 atom stereocenters. The normalized spacial score (nSPS) is 26.4. The largest absolute Gasteiger partial charge is 0.378 e. The van der Waals surface area contributed by atoms with E-state index in [2.05, 4.69) is 64.5 Å². The van der Waals surface area contributed by atoms with Gasteiger partial charge in [-0.3, -0.25) is 9.80 Å². The van der Waals surface area contributed by atoms with E-state index in [1.807, 2.05) is 32.6 Å². The van der Waals surface area contributed by atoms with Crippen molar-refractivity contribution in [1.29, 1.82) is 0 Å². The van der Waals surface area contributed by atoms with Gasteiger partial charge in [0.15, 0.2) is 5.11 Å². The number of thiocarbonyl (C=S) groups is 1. The van der Waals surface area contributed by atoms with Crippen LogP contribution in [0.3, 0.4) is 0 Å². The lowest BCUT2D eigenvalue weighted by molar-refractivity contribution is -0.0110. The summed E-state index contributed by atoms with van der Waals surface area (Å²) in [5.41, 5.74) is 2.21. The van der Waals surface area contributed by atoms with Crippen LogP contribution in [0, 0.1) is 11.8 Å². The van der Waals surface area contributed by atoms with Crippen LogP contribution in [0.4, 0.5) is 17.3 Å². The van der Waals surface area contributed by atoms with Crippen LogP contribution >= 0.6 is 12.2 Å². The van der Waals surface area contributed by atoms with Gasteiger partial charge in [-0.05, 0) is 73.8 Å². The smallest absolute Gasteiger partial charge is 0.225 e. The molecule has 1 aromatic carbocycles. The van der Waals surface area contributed by atoms with Gasteiger partial charge >= 0.3 is 0 Å². The van der Waals surface area contributed by atoms with Crippen molar-refractivity contribution < 1.29 is 0 Å². The molecular weight excluding hydrogens is 456 g/mol. The molecule has 35 heavy (non-hydrogen) atoms. The minimum absolute atomic E-state index is 0.577. The predicted octanol–water partition coefficient (Wildman–Crippen LogP) is 2.36. The van der Waals surface area contributed by atoms with E-state index in [4.69, 9.17) is 12.2 Å². The highest BCUT2D eigenvalue weighted by Gasteiger charge is 2.40. The number of anilines is 3. The molecule has 4 saturated heterocycles. The van der Waals surface area contributed by atoms with Crippen molar-refractivity contribution in [2.75, 3.05) is 81.6 Å². The molecule has 0 saturated carbocycles. The number of nitrogens with zero attached hydrogens (tertiary/aromatic N) is 6. The Morgan fingerprint density at radius 2 is 1.80 bits per heavy atom. The minimum Gasteiger partial charge on any atom is -0.378 e. The summed E-state index contributed by atoms with van der Waals surface area (Å²) in [6.07, 6.45) is 6.27. The van der Waals surface area contributed by atoms with Crippen molar-refractivity contribution in [1.82, 2.24) is 25.1 Å². The zero-order chi connectivity index (χ0) is 24.2. The molecule has 2 bridgehead atoms. The quantitative estimate of drug-likeness (QED) is 0.565. The Morgan fingerprint density at radius 3 is 2.46 bits per heavy atom. The van der Waals surface area contributed by atoms with Gasteiger partial charge in [-0.2, -0.15) is 0 Å². The number of aromatic nitrogens is 2. The summed E-state index contributed by atoms with van der Waals surface area (Å²) >= 11 is 5.58. The second-order valence-electron chi connectivity index (χ2n) is 10.3. The fraction of sp³-hybridized carbons (Fsp3) is 0.577. The molecule has 4 aliphatic heterocycles. The van der Waals surface area contributed by atoms with Crippen LogP contribution in [0.2, 0.25) is 0 Å². The SMILES string of the molecule is CN(C)c1ccc(NC(=S)NC[C@@H]2C[C@H]3CCN2C[C@@H]3CN2CCN(c3ncccn3)CC2)cc1. The van der Waals surface area contributed by atoms with Crippen LogP contribution in [-0.2, 0) is 0 Å². The van der Waals surface area contributed by atoms with Gasteiger partial charge < -0.3 is 20.4 Å². The lowest BCUT2D eigenvalue weighted by Gasteiger charge is -2.51. The summed E-state index contributed by atoms with van der Waals surface area (Å²) in [5, 5.41) is 7.52. The number of nitrogens with one attached hydrogen (secondary N) is 2. The van der Waals surface area contributed by atoms with Crippen LogP contribution in [0.15, 0.2) is 42.7 Å². The van der Waals surface area contributed by atoms with Crippen LogP contribution in [-0.4, -0.2) is 97.4 Å². The van der Waals surface area contributed by atoms with Crippen molar-refractivity contribution in [3.05, 3.63) is 42.7 Å². The van der Waals surface area contributed by atoms with Gasteiger partial charge in [0, 0.05) is 89.7 Å². The number of piperazine rings is 1. The summed E-state index contributed by atoms with van der Waals surface area (Å²) in [5.74, 6) is 2.46. The number of benzene rings is 1. The van der Waals surface area contributed by atoms with Gasteiger partial charge in [-0.1, -0.05) is 0 Å². The first-order valence-corrected chi connectivity index (χ1v) is 13.3. The molecule has 0 radical (unpaired) electrons. The molecule has 0 amide bonds. The maximum absolute atomic E-state index is 5.58. The molecule has 4 fully saturated rings. The Morgan fingerprint density at radius 1 is 1.06 bits per heavy atom. The lowest BCUT2D eigenvalue weighted by atomic mass is 9.75. The third kappa shape index (κ3) is 6.02. The molecule has 1 aromatic heterocycles. The van der Waals surface area contributed by atoms with Crippen molar-refractivity contribution in [2.45, 2.75) is 18.9 Å². The van der Waals surface area contributed by atoms with E-state index in [-0.39, 0.29) is 0 Å². The Labute approximate surface area is 214 Å². The second kappa shape index (κ2) is 11.1. The number of piperidine rings is 3. The van der Waals surface area contributed by atoms with Gasteiger partial charge in [0.05, 0.1) is 0 Å². The monoisotopic (exact) mass is 494 g/mol. The fourth-order valence-electron chi connectivity index (χ4n) is 5.81. The maximum Gasteiger partial charge on any atom is 0.225 e. The molecule has 6 rings (SSSR count). The first-order valence-electron chi connectivity index (χ1n) is 12.9. The molecule has 8 nitrogen and oxygen atoms in total. The number of fused-ring (bicyclic) bond motifs is 3. The standard InChI is InChI=1S/C26H38N8S/c1-31(2)23-6-4-22(5-7-23)30-26(35)29-17-24-16-20-8-11-34(24)19-21(20)18-32-12-14-33(15-13-32)25-27-9-3-10-28-25/h3-7,9-10,20-21,24H,8,11-19H2,1-2H3,(H2,29,30,35)/t20-,21+,24+/m1/s1. The van der Waals surface area contributed by atoms with Crippen molar-refractivity contribution in [3.8, 4) is 0 Å². The van der Waals surface area contributed by atoms with E-state index in [1.54, 1.807) is 0 Å². The van der Waals surface area contributed by atoms with E-state index in [0.29, 0.717) is 11.2 Å². The first-order chi connectivity index (χ1) is 17.0. The summed E-state index contributed by atoms with van der Waals surface area (Å²) in [7, 11) is 4.10. The summed E-state index contributed by atoms with van der Waals surface area (Å²) in [4.78, 5) is 18.6. The van der Waals surface area contributed by atoms with Crippen LogP contribution in [0.1, 0.15) is 12.8 Å². The van der Waals surface area contributed by atoms with E-state index in [1.165, 1.54) is 38.2 Å². The topological polar surface area (TPSA) is 62.8 Å². The van der Waals surface area contributed by atoms with Crippen LogP contribution < -0.4 is 20.4 Å². The number of rotatable bonds is 7. The highest BCUT2D eigenvalue weighted by Crippen LogP contribution is 2.36. The summed E-state index contributed by atoms with van der Waals surface area (Å²) in [6, 6.07) is 10.8. The van der Waals surface area contributed by atoms with E-state index in [0.717, 1.165) is 56.2 Å². The average molecular weight is 495 g/mol.